The maximum absolute atomic E-state index is 13.0. The minimum atomic E-state index is -3.98. The third kappa shape index (κ3) is 5.12. The Hall–Kier alpha value is -2.91. The van der Waals surface area contributed by atoms with Gasteiger partial charge in [0.15, 0.2) is 0 Å². The van der Waals surface area contributed by atoms with Crippen LogP contribution < -0.4 is 4.74 Å². The van der Waals surface area contributed by atoms with Crippen molar-refractivity contribution in [2.75, 3.05) is 34.9 Å². The molecule has 2 aromatic rings. The third-order valence-electron chi connectivity index (χ3n) is 4.35. The molecular weight excluding hydrogens is 398 g/mol. The summed E-state index contributed by atoms with van der Waals surface area (Å²) in [5.74, 6) is -0.855. The fourth-order valence-corrected chi connectivity index (χ4v) is 3.95. The van der Waals surface area contributed by atoms with Gasteiger partial charge in [0.25, 0.3) is 0 Å². The van der Waals surface area contributed by atoms with Crippen molar-refractivity contribution in [2.45, 2.75) is 11.3 Å². The van der Waals surface area contributed by atoms with E-state index >= 15 is 0 Å². The Balaban J connectivity index is 2.35. The Morgan fingerprint density at radius 3 is 2.00 bits per heavy atom. The molecule has 0 aliphatic carbocycles. The van der Waals surface area contributed by atoms with Gasteiger partial charge in [-0.25, -0.2) is 22.3 Å². The summed E-state index contributed by atoms with van der Waals surface area (Å²) in [5, 5.41) is 0. The van der Waals surface area contributed by atoms with E-state index in [0.717, 1.165) is 9.87 Å². The second-order valence-corrected chi connectivity index (χ2v) is 8.16. The van der Waals surface area contributed by atoms with Crippen LogP contribution in [0.4, 0.5) is 0 Å². The lowest BCUT2D eigenvalue weighted by molar-refractivity contribution is 0.0598. The summed E-state index contributed by atoms with van der Waals surface area (Å²) >= 11 is 0. The van der Waals surface area contributed by atoms with Gasteiger partial charge in [-0.1, -0.05) is 18.2 Å². The van der Waals surface area contributed by atoms with E-state index in [1.807, 2.05) is 18.2 Å². The average Bonchev–Trinajstić information content (AvgIpc) is 2.75. The van der Waals surface area contributed by atoms with Crippen LogP contribution >= 0.6 is 0 Å². The van der Waals surface area contributed by atoms with Gasteiger partial charge in [0.2, 0.25) is 10.0 Å². The standard InChI is InChI=1S/C20H23NO7S/c1-21(10-9-14-7-5-6-8-18(14)26-2)29(24,25)17-12-15(19(22)27-3)11-16(13-17)20(23)28-4/h5-8,11-13H,9-10H2,1-4H3. The van der Waals surface area contributed by atoms with Crippen LogP contribution in [0.1, 0.15) is 26.3 Å². The maximum atomic E-state index is 13.0. The molecule has 0 aliphatic rings. The van der Waals surface area contributed by atoms with E-state index in [0.29, 0.717) is 12.2 Å². The minimum Gasteiger partial charge on any atom is -0.496 e. The summed E-state index contributed by atoms with van der Waals surface area (Å²) < 4.78 is 41.8. The van der Waals surface area contributed by atoms with E-state index in [4.69, 9.17) is 4.74 Å². The van der Waals surface area contributed by atoms with Crippen LogP contribution in [-0.2, 0) is 25.9 Å². The van der Waals surface area contributed by atoms with E-state index in [1.165, 1.54) is 39.5 Å². The van der Waals surface area contributed by atoms with Gasteiger partial charge in [-0.05, 0) is 36.2 Å². The molecule has 0 amide bonds. The van der Waals surface area contributed by atoms with Gasteiger partial charge in [-0.2, -0.15) is 0 Å². The smallest absolute Gasteiger partial charge is 0.337 e. The predicted octanol–water partition coefficient (Wildman–Crippen LogP) is 2.13. The Morgan fingerprint density at radius 1 is 0.931 bits per heavy atom. The topological polar surface area (TPSA) is 99.2 Å². The van der Waals surface area contributed by atoms with Crippen LogP contribution in [-0.4, -0.2) is 59.6 Å². The molecule has 29 heavy (non-hydrogen) atoms. The van der Waals surface area contributed by atoms with Crippen LogP contribution in [0.2, 0.25) is 0 Å². The molecule has 0 fully saturated rings. The van der Waals surface area contributed by atoms with Crippen LogP contribution in [0.25, 0.3) is 0 Å². The number of sulfonamides is 1. The Bertz CT molecular complexity index is 967. The number of benzene rings is 2. The molecule has 0 bridgehead atoms. The second kappa shape index (κ2) is 9.53. The molecule has 0 heterocycles. The largest absolute Gasteiger partial charge is 0.496 e. The highest BCUT2D eigenvalue weighted by Gasteiger charge is 2.25. The first-order valence-corrected chi connectivity index (χ1v) is 10.1. The monoisotopic (exact) mass is 421 g/mol. The van der Waals surface area contributed by atoms with Gasteiger partial charge in [-0.15, -0.1) is 0 Å². The molecule has 0 spiro atoms. The summed E-state index contributed by atoms with van der Waals surface area (Å²) in [4.78, 5) is 23.6. The summed E-state index contributed by atoms with van der Waals surface area (Å²) in [6.45, 7) is 0.165. The van der Waals surface area contributed by atoms with Crippen LogP contribution in [0, 0.1) is 0 Å². The predicted molar refractivity (Wildman–Crippen MR) is 106 cm³/mol. The van der Waals surface area contributed by atoms with Crippen molar-refractivity contribution in [3.8, 4) is 5.75 Å². The number of esters is 2. The number of hydrogen-bond acceptors (Lipinski definition) is 7. The van der Waals surface area contributed by atoms with Crippen LogP contribution in [0.5, 0.6) is 5.75 Å². The van der Waals surface area contributed by atoms with Gasteiger partial charge in [0, 0.05) is 13.6 Å². The average molecular weight is 421 g/mol. The zero-order chi connectivity index (χ0) is 21.6. The Labute approximate surface area is 170 Å². The Kier molecular flexibility index (Phi) is 7.35. The van der Waals surface area contributed by atoms with Crippen LogP contribution in [0.3, 0.4) is 0 Å². The van der Waals surface area contributed by atoms with E-state index in [2.05, 4.69) is 9.47 Å². The first-order chi connectivity index (χ1) is 13.7. The minimum absolute atomic E-state index is 0.0629. The van der Waals surface area contributed by atoms with Crippen molar-refractivity contribution < 1.29 is 32.2 Å². The third-order valence-corrected chi connectivity index (χ3v) is 6.18. The van der Waals surface area contributed by atoms with Gasteiger partial charge in [0.1, 0.15) is 5.75 Å². The van der Waals surface area contributed by atoms with E-state index in [1.54, 1.807) is 13.2 Å². The first-order valence-electron chi connectivity index (χ1n) is 8.64. The van der Waals surface area contributed by atoms with Gasteiger partial charge < -0.3 is 14.2 Å². The number of carbonyl (C=O) groups is 2. The molecule has 0 aliphatic heterocycles. The number of methoxy groups -OCH3 is 3. The fraction of sp³-hybridized carbons (Fsp3) is 0.300. The number of para-hydroxylation sites is 1. The number of carbonyl (C=O) groups excluding carboxylic acids is 2. The molecule has 0 N–H and O–H groups in total. The van der Waals surface area contributed by atoms with Gasteiger partial charge in [0.05, 0.1) is 37.4 Å². The van der Waals surface area contributed by atoms with Gasteiger partial charge >= 0.3 is 11.9 Å². The van der Waals surface area contributed by atoms with Crippen molar-refractivity contribution in [1.29, 1.82) is 0 Å². The van der Waals surface area contributed by atoms with E-state index in [-0.39, 0.29) is 22.6 Å². The zero-order valence-corrected chi connectivity index (χ0v) is 17.5. The van der Waals surface area contributed by atoms with Crippen LogP contribution in [0.15, 0.2) is 47.4 Å². The highest BCUT2D eigenvalue weighted by molar-refractivity contribution is 7.89. The van der Waals surface area contributed by atoms with Crippen molar-refractivity contribution in [3.63, 3.8) is 0 Å². The molecule has 0 aromatic heterocycles. The molecular formula is C20H23NO7S. The quantitative estimate of drug-likeness (QED) is 0.602. The summed E-state index contributed by atoms with van der Waals surface area (Å²) in [6.07, 6.45) is 0.417. The molecule has 0 atom stereocenters. The summed E-state index contributed by atoms with van der Waals surface area (Å²) in [5.41, 5.74) is 0.731. The second-order valence-electron chi connectivity index (χ2n) is 6.12. The van der Waals surface area contributed by atoms with Crippen molar-refractivity contribution in [2.24, 2.45) is 0 Å². The zero-order valence-electron chi connectivity index (χ0n) is 16.7. The Morgan fingerprint density at radius 2 is 1.48 bits per heavy atom. The number of likely N-dealkylation sites (N-methyl/N-ethyl adjacent to an activating group) is 1. The number of ether oxygens (including phenoxy) is 3. The lowest BCUT2D eigenvalue weighted by Crippen LogP contribution is -2.29. The SMILES string of the molecule is COC(=O)c1cc(C(=O)OC)cc(S(=O)(=O)N(C)CCc2ccccc2OC)c1. The highest BCUT2D eigenvalue weighted by atomic mass is 32.2. The molecule has 9 heteroatoms. The van der Waals surface area contributed by atoms with Crippen molar-refractivity contribution in [1.82, 2.24) is 4.31 Å². The van der Waals surface area contributed by atoms with Gasteiger partial charge in [-0.3, -0.25) is 0 Å². The lowest BCUT2D eigenvalue weighted by atomic mass is 10.1. The molecule has 0 saturated heterocycles. The summed E-state index contributed by atoms with van der Waals surface area (Å²) in [6, 6.07) is 10.9. The lowest BCUT2D eigenvalue weighted by Gasteiger charge is -2.19. The van der Waals surface area contributed by atoms with E-state index < -0.39 is 22.0 Å². The number of nitrogens with zero attached hydrogens (tertiary/aromatic N) is 1. The molecule has 0 radical (unpaired) electrons. The molecule has 0 unspecified atom stereocenters. The maximum Gasteiger partial charge on any atom is 0.337 e. The highest BCUT2D eigenvalue weighted by Crippen LogP contribution is 2.22. The van der Waals surface area contributed by atoms with Crippen molar-refractivity contribution >= 4 is 22.0 Å². The number of rotatable bonds is 8. The first kappa shape index (κ1) is 22.4. The normalized spacial score (nSPS) is 11.2. The van der Waals surface area contributed by atoms with Crippen molar-refractivity contribution in [3.05, 3.63) is 59.2 Å². The molecule has 8 nitrogen and oxygen atoms in total. The molecule has 0 saturated carbocycles. The number of hydrogen-bond donors (Lipinski definition) is 0. The summed E-state index contributed by atoms with van der Waals surface area (Å²) in [7, 11) is 1.33. The van der Waals surface area contributed by atoms with E-state index in [9.17, 15) is 18.0 Å². The fourth-order valence-electron chi connectivity index (χ4n) is 2.71. The molecule has 2 rings (SSSR count). The molecule has 156 valence electrons. The molecule has 2 aromatic carbocycles.